The van der Waals surface area contributed by atoms with Crippen molar-refractivity contribution in [2.24, 2.45) is 0 Å². The molecule has 0 aliphatic rings. The number of furan rings is 1. The fourth-order valence-corrected chi connectivity index (χ4v) is 1.37. The second-order valence-electron chi connectivity index (χ2n) is 2.85. The summed E-state index contributed by atoms with van der Waals surface area (Å²) in [6, 6.07) is 2.66. The Morgan fingerprint density at radius 2 is 2.08 bits per heavy atom. The molecule has 0 bridgehead atoms. The van der Waals surface area contributed by atoms with Crippen LogP contribution in [0.2, 0.25) is 0 Å². The molecule has 0 saturated carbocycles. The first kappa shape index (κ1) is 8.23. The number of fused-ring (bicyclic) bond motifs is 1. The number of aryl methyl sites for hydroxylation is 1. The predicted octanol–water partition coefficient (Wildman–Crippen LogP) is 3.27. The molecule has 0 aliphatic heterocycles. The van der Waals surface area contributed by atoms with E-state index in [1.807, 2.05) is 6.92 Å². The monoisotopic (exact) mass is 182 g/mol. The van der Waals surface area contributed by atoms with Crippen molar-refractivity contribution < 1.29 is 13.2 Å². The highest BCUT2D eigenvalue weighted by Gasteiger charge is 2.12. The van der Waals surface area contributed by atoms with Crippen LogP contribution in [0.25, 0.3) is 11.0 Å². The van der Waals surface area contributed by atoms with Crippen molar-refractivity contribution in [1.29, 1.82) is 0 Å². The summed E-state index contributed by atoms with van der Waals surface area (Å²) in [7, 11) is 0. The molecule has 1 aromatic heterocycles. The molecule has 3 heteroatoms. The van der Waals surface area contributed by atoms with E-state index < -0.39 is 11.6 Å². The Bertz CT molecular complexity index is 445. The van der Waals surface area contributed by atoms with Crippen LogP contribution in [0.5, 0.6) is 0 Å². The molecule has 68 valence electrons. The van der Waals surface area contributed by atoms with E-state index >= 15 is 0 Å². The predicted molar refractivity (Wildman–Crippen MR) is 45.5 cm³/mol. The maximum atomic E-state index is 13.1. The quantitative estimate of drug-likeness (QED) is 0.659. The maximum absolute atomic E-state index is 13.1. The molecule has 0 aliphatic carbocycles. The topological polar surface area (TPSA) is 13.1 Å². The van der Waals surface area contributed by atoms with Gasteiger partial charge in [-0.15, -0.1) is 0 Å². The lowest BCUT2D eigenvalue weighted by Crippen LogP contribution is -1.83. The summed E-state index contributed by atoms with van der Waals surface area (Å²) in [6.07, 6.45) is 2.21. The van der Waals surface area contributed by atoms with Crippen molar-refractivity contribution in [3.8, 4) is 0 Å². The molecule has 13 heavy (non-hydrogen) atoms. The van der Waals surface area contributed by atoms with Gasteiger partial charge in [0.2, 0.25) is 5.82 Å². The molecule has 1 aromatic carbocycles. The van der Waals surface area contributed by atoms with Gasteiger partial charge in [0.05, 0.1) is 6.26 Å². The summed E-state index contributed by atoms with van der Waals surface area (Å²) < 4.78 is 30.7. The zero-order chi connectivity index (χ0) is 9.42. The number of halogens is 2. The average Bonchev–Trinajstić information content (AvgIpc) is 2.55. The minimum atomic E-state index is -0.905. The van der Waals surface area contributed by atoms with Gasteiger partial charge in [-0.05, 0) is 24.1 Å². The first-order valence-corrected chi connectivity index (χ1v) is 4.08. The minimum Gasteiger partial charge on any atom is -0.461 e. The van der Waals surface area contributed by atoms with E-state index in [4.69, 9.17) is 4.42 Å². The highest BCUT2D eigenvalue weighted by molar-refractivity contribution is 5.81. The summed E-state index contributed by atoms with van der Waals surface area (Å²) in [6.45, 7) is 1.94. The fraction of sp³-hybridized carbons (Fsp3) is 0.200. The molecule has 0 N–H and O–H groups in total. The van der Waals surface area contributed by atoms with E-state index in [0.29, 0.717) is 5.39 Å². The molecule has 0 amide bonds. The van der Waals surface area contributed by atoms with Gasteiger partial charge in [0.15, 0.2) is 11.4 Å². The molecule has 0 atom stereocenters. The second-order valence-corrected chi connectivity index (χ2v) is 2.85. The zero-order valence-electron chi connectivity index (χ0n) is 7.10. The Morgan fingerprint density at radius 1 is 1.31 bits per heavy atom. The first-order chi connectivity index (χ1) is 6.24. The van der Waals surface area contributed by atoms with Crippen molar-refractivity contribution in [2.75, 3.05) is 0 Å². The highest BCUT2D eigenvalue weighted by Crippen LogP contribution is 2.25. The summed E-state index contributed by atoms with van der Waals surface area (Å²) in [5.41, 5.74) is 0.908. The van der Waals surface area contributed by atoms with Crippen molar-refractivity contribution in [3.05, 3.63) is 35.6 Å². The van der Waals surface area contributed by atoms with E-state index in [2.05, 4.69) is 0 Å². The van der Waals surface area contributed by atoms with Crippen LogP contribution in [0, 0.1) is 11.6 Å². The molecule has 0 spiro atoms. The van der Waals surface area contributed by atoms with Gasteiger partial charge in [0.1, 0.15) is 0 Å². The largest absolute Gasteiger partial charge is 0.461 e. The van der Waals surface area contributed by atoms with Crippen LogP contribution in [0.3, 0.4) is 0 Å². The summed E-state index contributed by atoms with van der Waals surface area (Å²) in [4.78, 5) is 0. The van der Waals surface area contributed by atoms with Gasteiger partial charge in [0.25, 0.3) is 0 Å². The van der Waals surface area contributed by atoms with Crippen molar-refractivity contribution in [1.82, 2.24) is 0 Å². The third kappa shape index (κ3) is 1.11. The minimum absolute atomic E-state index is 0.0110. The number of hydrogen-bond acceptors (Lipinski definition) is 1. The van der Waals surface area contributed by atoms with Crippen LogP contribution in [-0.4, -0.2) is 0 Å². The van der Waals surface area contributed by atoms with Crippen LogP contribution in [0.4, 0.5) is 8.78 Å². The summed E-state index contributed by atoms with van der Waals surface area (Å²) >= 11 is 0. The van der Waals surface area contributed by atoms with Crippen LogP contribution < -0.4 is 0 Å². The van der Waals surface area contributed by atoms with E-state index in [-0.39, 0.29) is 5.58 Å². The summed E-state index contributed by atoms with van der Waals surface area (Å²) in [5, 5.41) is 0.654. The maximum Gasteiger partial charge on any atom is 0.201 e. The van der Waals surface area contributed by atoms with E-state index in [0.717, 1.165) is 18.1 Å². The fourth-order valence-electron chi connectivity index (χ4n) is 1.37. The standard InChI is InChI=1S/C10H8F2O/c1-2-6-5-13-10-7(6)3-4-8(11)9(10)12/h3-5H,2H2,1H3. The SMILES string of the molecule is CCc1coc2c(F)c(F)ccc12. The third-order valence-electron chi connectivity index (χ3n) is 2.10. The molecule has 0 saturated heterocycles. The van der Waals surface area contributed by atoms with Gasteiger partial charge in [-0.1, -0.05) is 6.92 Å². The molecule has 1 heterocycles. The van der Waals surface area contributed by atoms with Crippen molar-refractivity contribution in [2.45, 2.75) is 13.3 Å². The van der Waals surface area contributed by atoms with Gasteiger partial charge in [-0.3, -0.25) is 0 Å². The van der Waals surface area contributed by atoms with E-state index in [1.165, 1.54) is 12.3 Å². The van der Waals surface area contributed by atoms with Gasteiger partial charge < -0.3 is 4.42 Å². The number of rotatable bonds is 1. The second kappa shape index (κ2) is 2.83. The average molecular weight is 182 g/mol. The molecule has 2 aromatic rings. The van der Waals surface area contributed by atoms with Crippen LogP contribution in [0.1, 0.15) is 12.5 Å². The normalized spacial score (nSPS) is 11.0. The Morgan fingerprint density at radius 3 is 2.77 bits per heavy atom. The Labute approximate surface area is 74.0 Å². The van der Waals surface area contributed by atoms with Gasteiger partial charge in [-0.25, -0.2) is 4.39 Å². The Balaban J connectivity index is 2.81. The molecule has 0 radical (unpaired) electrons. The molecule has 0 fully saturated rings. The lowest BCUT2D eigenvalue weighted by atomic mass is 10.1. The van der Waals surface area contributed by atoms with Crippen LogP contribution in [0.15, 0.2) is 22.8 Å². The highest BCUT2D eigenvalue weighted by atomic mass is 19.2. The smallest absolute Gasteiger partial charge is 0.201 e. The summed E-state index contributed by atoms with van der Waals surface area (Å²) in [5.74, 6) is -1.78. The Kier molecular flexibility index (Phi) is 1.79. The lowest BCUT2D eigenvalue weighted by Gasteiger charge is -1.94. The van der Waals surface area contributed by atoms with Gasteiger partial charge >= 0.3 is 0 Å². The zero-order valence-corrected chi connectivity index (χ0v) is 7.10. The van der Waals surface area contributed by atoms with Crippen molar-refractivity contribution in [3.63, 3.8) is 0 Å². The molecule has 1 nitrogen and oxygen atoms in total. The number of hydrogen-bond donors (Lipinski definition) is 0. The molecule has 2 rings (SSSR count). The lowest BCUT2D eigenvalue weighted by molar-refractivity contribution is 0.491. The van der Waals surface area contributed by atoms with E-state index in [1.54, 1.807) is 0 Å². The van der Waals surface area contributed by atoms with Gasteiger partial charge in [0, 0.05) is 5.39 Å². The molecule has 0 unspecified atom stereocenters. The first-order valence-electron chi connectivity index (χ1n) is 4.08. The molecular formula is C10H8F2O. The molecular weight excluding hydrogens is 174 g/mol. The van der Waals surface area contributed by atoms with Crippen molar-refractivity contribution >= 4 is 11.0 Å². The number of benzene rings is 1. The Hall–Kier alpha value is -1.38. The van der Waals surface area contributed by atoms with Crippen LogP contribution in [-0.2, 0) is 6.42 Å². The third-order valence-corrected chi connectivity index (χ3v) is 2.10. The van der Waals surface area contributed by atoms with Gasteiger partial charge in [-0.2, -0.15) is 4.39 Å². The van der Waals surface area contributed by atoms with Crippen LogP contribution >= 0.6 is 0 Å². The van der Waals surface area contributed by atoms with E-state index in [9.17, 15) is 8.78 Å².